The Bertz CT molecular complexity index is 522. The zero-order valence-electron chi connectivity index (χ0n) is 9.91. The van der Waals surface area contributed by atoms with Gasteiger partial charge in [-0.2, -0.15) is 5.26 Å². The van der Waals surface area contributed by atoms with E-state index in [0.29, 0.717) is 5.69 Å². The number of carbonyl (C=O) groups excluding carboxylic acids is 1. The van der Waals surface area contributed by atoms with E-state index in [1.807, 2.05) is 0 Å². The Balaban J connectivity index is 3.03. The van der Waals surface area contributed by atoms with Crippen LogP contribution in [0.1, 0.15) is 5.56 Å². The number of ether oxygens (including phenoxy) is 1. The van der Waals surface area contributed by atoms with Gasteiger partial charge in [-0.3, -0.25) is 14.9 Å². The second-order valence-electron chi connectivity index (χ2n) is 3.50. The van der Waals surface area contributed by atoms with E-state index < -0.39 is 10.9 Å². The molecule has 1 rings (SSSR count). The molecular weight excluding hydrogens is 238 g/mol. The molecule has 18 heavy (non-hydrogen) atoms. The largest absolute Gasteiger partial charge is 0.468 e. The average Bonchev–Trinajstić information content (AvgIpc) is 2.37. The van der Waals surface area contributed by atoms with Crippen molar-refractivity contribution in [3.05, 3.63) is 33.9 Å². The second-order valence-corrected chi connectivity index (χ2v) is 3.50. The summed E-state index contributed by atoms with van der Waals surface area (Å²) in [6, 6.07) is 5.83. The van der Waals surface area contributed by atoms with Crippen LogP contribution in [0.5, 0.6) is 0 Å². The first-order chi connectivity index (χ1) is 8.49. The maximum Gasteiger partial charge on any atom is 0.325 e. The minimum atomic E-state index is -0.622. The fourth-order valence-electron chi connectivity index (χ4n) is 1.36. The number of nitriles is 1. The maximum absolute atomic E-state index is 11.1. The Kier molecular flexibility index (Phi) is 4.21. The standard InChI is InChI=1S/C11H11N3O4/c1-13(7-11(15)18-2)9-3-4-10(14(16)17)8(5-9)6-12/h3-5H,7H2,1-2H3. The maximum atomic E-state index is 11.1. The molecule has 0 bridgehead atoms. The van der Waals surface area contributed by atoms with Crippen molar-refractivity contribution in [2.75, 3.05) is 25.6 Å². The van der Waals surface area contributed by atoms with E-state index in [2.05, 4.69) is 4.74 Å². The molecule has 1 aromatic carbocycles. The molecule has 7 nitrogen and oxygen atoms in total. The van der Waals surface area contributed by atoms with E-state index in [-0.39, 0.29) is 17.8 Å². The first-order valence-electron chi connectivity index (χ1n) is 4.96. The highest BCUT2D eigenvalue weighted by Crippen LogP contribution is 2.23. The number of carbonyl (C=O) groups is 1. The molecule has 0 aliphatic rings. The number of nitro groups is 1. The highest BCUT2D eigenvalue weighted by molar-refractivity contribution is 5.76. The van der Waals surface area contributed by atoms with Crippen LogP contribution in [0.25, 0.3) is 0 Å². The number of anilines is 1. The monoisotopic (exact) mass is 249 g/mol. The highest BCUT2D eigenvalue weighted by Gasteiger charge is 2.16. The molecule has 0 spiro atoms. The Morgan fingerprint density at radius 2 is 2.28 bits per heavy atom. The van der Waals surface area contributed by atoms with Gasteiger partial charge in [-0.1, -0.05) is 0 Å². The van der Waals surface area contributed by atoms with E-state index in [9.17, 15) is 14.9 Å². The summed E-state index contributed by atoms with van der Waals surface area (Å²) in [7, 11) is 2.89. The molecule has 0 aliphatic carbocycles. The lowest BCUT2D eigenvalue weighted by Crippen LogP contribution is -2.26. The molecule has 0 aliphatic heterocycles. The number of likely N-dealkylation sites (N-methyl/N-ethyl adjacent to an activating group) is 1. The van der Waals surface area contributed by atoms with Gasteiger partial charge in [0.25, 0.3) is 5.69 Å². The molecule has 0 aromatic heterocycles. The third-order valence-electron chi connectivity index (χ3n) is 2.33. The SMILES string of the molecule is COC(=O)CN(C)c1ccc([N+](=O)[O-])c(C#N)c1. The summed E-state index contributed by atoms with van der Waals surface area (Å²) in [6.07, 6.45) is 0. The second kappa shape index (κ2) is 5.63. The molecule has 0 saturated heterocycles. The van der Waals surface area contributed by atoms with Gasteiger partial charge in [-0.15, -0.1) is 0 Å². The number of hydrogen-bond acceptors (Lipinski definition) is 6. The Morgan fingerprint density at radius 3 is 2.78 bits per heavy atom. The number of nitrogens with zero attached hydrogens (tertiary/aromatic N) is 3. The first-order valence-corrected chi connectivity index (χ1v) is 4.96. The summed E-state index contributed by atoms with van der Waals surface area (Å²) < 4.78 is 4.51. The summed E-state index contributed by atoms with van der Waals surface area (Å²) in [6.45, 7) is -0.000814. The van der Waals surface area contributed by atoms with Crippen molar-refractivity contribution in [2.24, 2.45) is 0 Å². The van der Waals surface area contributed by atoms with Crippen LogP contribution < -0.4 is 4.90 Å². The third kappa shape index (κ3) is 2.95. The van der Waals surface area contributed by atoms with Crippen LogP contribution in [-0.4, -0.2) is 31.6 Å². The molecule has 0 heterocycles. The topological polar surface area (TPSA) is 96.5 Å². The molecular formula is C11H11N3O4. The number of nitro benzene ring substituents is 1. The first kappa shape index (κ1) is 13.4. The van der Waals surface area contributed by atoms with E-state index in [4.69, 9.17) is 5.26 Å². The lowest BCUT2D eigenvalue weighted by atomic mass is 10.1. The average molecular weight is 249 g/mol. The van der Waals surface area contributed by atoms with Gasteiger partial charge < -0.3 is 9.64 Å². The van der Waals surface area contributed by atoms with E-state index in [1.165, 1.54) is 30.2 Å². The van der Waals surface area contributed by atoms with Gasteiger partial charge in [0.05, 0.1) is 12.0 Å². The highest BCUT2D eigenvalue weighted by atomic mass is 16.6. The molecule has 0 radical (unpaired) electrons. The molecule has 94 valence electrons. The van der Waals surface area contributed by atoms with Crippen LogP contribution in [0, 0.1) is 21.4 Å². The predicted molar refractivity (Wildman–Crippen MR) is 63.1 cm³/mol. The van der Waals surface area contributed by atoms with Crippen LogP contribution in [0.15, 0.2) is 18.2 Å². The zero-order valence-corrected chi connectivity index (χ0v) is 9.91. The normalized spacial score (nSPS) is 9.39. The minimum absolute atomic E-state index is 0.000814. The van der Waals surface area contributed by atoms with Crippen molar-refractivity contribution in [3.8, 4) is 6.07 Å². The van der Waals surface area contributed by atoms with Crippen molar-refractivity contribution in [1.29, 1.82) is 5.26 Å². The molecule has 0 atom stereocenters. The molecule has 0 unspecified atom stereocenters. The number of esters is 1. The van der Waals surface area contributed by atoms with Crippen LogP contribution in [0.3, 0.4) is 0 Å². The smallest absolute Gasteiger partial charge is 0.325 e. The van der Waals surface area contributed by atoms with Crippen LogP contribution in [-0.2, 0) is 9.53 Å². The van der Waals surface area contributed by atoms with Gasteiger partial charge in [0.1, 0.15) is 18.2 Å². The zero-order chi connectivity index (χ0) is 13.7. The van der Waals surface area contributed by atoms with Gasteiger partial charge >= 0.3 is 5.97 Å². The summed E-state index contributed by atoms with van der Waals surface area (Å²) in [4.78, 5) is 22.7. The van der Waals surface area contributed by atoms with Crippen molar-refractivity contribution in [3.63, 3.8) is 0 Å². The quantitative estimate of drug-likeness (QED) is 0.450. The van der Waals surface area contributed by atoms with E-state index >= 15 is 0 Å². The fourth-order valence-corrected chi connectivity index (χ4v) is 1.36. The van der Waals surface area contributed by atoms with Gasteiger partial charge in [0, 0.05) is 18.8 Å². The lowest BCUT2D eigenvalue weighted by molar-refractivity contribution is -0.385. The molecule has 0 fully saturated rings. The van der Waals surface area contributed by atoms with Crippen molar-refractivity contribution >= 4 is 17.3 Å². The summed E-state index contributed by atoms with van der Waals surface area (Å²) in [5.74, 6) is -0.436. The lowest BCUT2D eigenvalue weighted by Gasteiger charge is -2.17. The molecule has 0 amide bonds. The molecule has 1 aromatic rings. The van der Waals surface area contributed by atoms with Crippen LogP contribution >= 0.6 is 0 Å². The fraction of sp³-hybridized carbons (Fsp3) is 0.273. The summed E-state index contributed by atoms with van der Waals surface area (Å²) >= 11 is 0. The Morgan fingerprint density at radius 1 is 1.61 bits per heavy atom. The van der Waals surface area contributed by atoms with Gasteiger partial charge in [0.15, 0.2) is 0 Å². The van der Waals surface area contributed by atoms with Gasteiger partial charge in [0.2, 0.25) is 0 Å². The van der Waals surface area contributed by atoms with E-state index in [1.54, 1.807) is 13.1 Å². The van der Waals surface area contributed by atoms with Crippen LogP contribution in [0.2, 0.25) is 0 Å². The molecule has 7 heteroatoms. The van der Waals surface area contributed by atoms with Crippen molar-refractivity contribution in [2.45, 2.75) is 0 Å². The number of methoxy groups -OCH3 is 1. The summed E-state index contributed by atoms with van der Waals surface area (Å²) in [5.41, 5.74) is 0.226. The number of benzene rings is 1. The Hall–Kier alpha value is -2.62. The minimum Gasteiger partial charge on any atom is -0.468 e. The molecule has 0 N–H and O–H groups in total. The van der Waals surface area contributed by atoms with Crippen molar-refractivity contribution < 1.29 is 14.5 Å². The molecule has 0 saturated carbocycles. The van der Waals surface area contributed by atoms with Crippen LogP contribution in [0.4, 0.5) is 11.4 Å². The number of hydrogen-bond donors (Lipinski definition) is 0. The predicted octanol–water partition coefficient (Wildman–Crippen LogP) is 1.08. The van der Waals surface area contributed by atoms with E-state index in [0.717, 1.165) is 0 Å². The van der Waals surface area contributed by atoms with Gasteiger partial charge in [-0.05, 0) is 12.1 Å². The third-order valence-corrected chi connectivity index (χ3v) is 2.33. The number of rotatable bonds is 4. The Labute approximate surface area is 103 Å². The van der Waals surface area contributed by atoms with Crippen molar-refractivity contribution in [1.82, 2.24) is 0 Å². The summed E-state index contributed by atoms with van der Waals surface area (Å²) in [5, 5.41) is 19.5. The van der Waals surface area contributed by atoms with Gasteiger partial charge in [-0.25, -0.2) is 0 Å².